The Hall–Kier alpha value is -1.19. The van der Waals surface area contributed by atoms with Gasteiger partial charge in [0.25, 0.3) is 0 Å². The minimum Gasteiger partial charge on any atom is -0.360 e. The van der Waals surface area contributed by atoms with E-state index in [1.54, 1.807) is 6.07 Å². The average Bonchev–Trinajstić information content (AvgIpc) is 2.14. The molecule has 1 aromatic rings. The second-order valence-corrected chi connectivity index (χ2v) is 1.02. The van der Waals surface area contributed by atoms with Crippen LogP contribution in [0.3, 0.4) is 0 Å². The van der Waals surface area contributed by atoms with Gasteiger partial charge in [-0.05, 0) is 12.3 Å². The smallest absolute Gasteiger partial charge is 0.0273 e. The normalized spacial score (nSPS) is 8.57. The van der Waals surface area contributed by atoms with Gasteiger partial charge in [0, 0.05) is 6.20 Å². The summed E-state index contributed by atoms with van der Waals surface area (Å²) in [4.78, 5) is 1.06. The van der Waals surface area contributed by atoms with E-state index < -0.39 is 0 Å². The molecule has 7 heavy (non-hydrogen) atoms. The van der Waals surface area contributed by atoms with Crippen LogP contribution in [-0.4, -0.2) is 9.89 Å². The van der Waals surface area contributed by atoms with Crippen LogP contribution < -0.4 is 0 Å². The first-order valence-corrected chi connectivity index (χ1v) is 1.78. The Morgan fingerprint density at radius 1 is 1.71 bits per heavy atom. The van der Waals surface area contributed by atoms with Crippen molar-refractivity contribution in [1.82, 2.24) is 9.89 Å². The number of aromatic nitrogens is 2. The van der Waals surface area contributed by atoms with Gasteiger partial charge in [0.05, 0.1) is 0 Å². The third-order valence-electron chi connectivity index (χ3n) is 0.582. The Morgan fingerprint density at radius 3 is 2.86 bits per heavy atom. The summed E-state index contributed by atoms with van der Waals surface area (Å²) in [6.45, 7) is 0. The first kappa shape index (κ1) is 3.98. The lowest BCUT2D eigenvalue weighted by Gasteiger charge is -1.91. The zero-order valence-electron chi connectivity index (χ0n) is 3.52. The van der Waals surface area contributed by atoms with E-state index in [-0.39, 0.29) is 0 Å². The Labute approximate surface area is 40.2 Å². The van der Waals surface area contributed by atoms with Crippen LogP contribution in [0.15, 0.2) is 23.7 Å². The molecule has 1 heterocycles. The van der Waals surface area contributed by atoms with Crippen molar-refractivity contribution in [2.75, 3.05) is 0 Å². The van der Waals surface area contributed by atoms with E-state index >= 15 is 0 Å². The predicted octanol–water partition coefficient (Wildman–Crippen LogP) is 0.668. The summed E-state index contributed by atoms with van der Waals surface area (Å²) in [5.74, 6) is 0. The van der Waals surface area contributed by atoms with Crippen molar-refractivity contribution in [3.05, 3.63) is 24.0 Å². The van der Waals surface area contributed by atoms with Crippen LogP contribution in [-0.2, 0) is 0 Å². The third-order valence-corrected chi connectivity index (χ3v) is 0.582. The van der Waals surface area contributed by atoms with E-state index in [4.69, 9.17) is 5.53 Å². The molecule has 0 spiro atoms. The second-order valence-electron chi connectivity index (χ2n) is 1.02. The van der Waals surface area contributed by atoms with Gasteiger partial charge in [-0.2, -0.15) is 0 Å². The van der Waals surface area contributed by atoms with Gasteiger partial charge >= 0.3 is 0 Å². The van der Waals surface area contributed by atoms with E-state index in [9.17, 15) is 0 Å². The van der Waals surface area contributed by atoms with Gasteiger partial charge in [0.1, 0.15) is 0 Å². The minimum absolute atomic E-state index is 1.06. The molecular weight excluding hydrogens is 92.1 g/mol. The topological polar surface area (TPSA) is 52.5 Å². The van der Waals surface area contributed by atoms with Gasteiger partial charge in [-0.3, -0.25) is 15.1 Å². The molecule has 0 radical (unpaired) electrons. The lowest BCUT2D eigenvalue weighted by Crippen LogP contribution is -1.81. The lowest BCUT2D eigenvalue weighted by atomic mass is 10.8. The molecule has 0 unspecified atom stereocenters. The second kappa shape index (κ2) is 1.51. The number of rotatable bonds is 1. The van der Waals surface area contributed by atoms with Crippen molar-refractivity contribution >= 4 is 0 Å². The summed E-state index contributed by atoms with van der Waals surface area (Å²) in [5.41, 5.74) is 7.95. The zero-order chi connectivity index (χ0) is 5.11. The van der Waals surface area contributed by atoms with E-state index in [0.29, 0.717) is 0 Å². The van der Waals surface area contributed by atoms with Gasteiger partial charge in [-0.25, -0.2) is 0 Å². The summed E-state index contributed by atoms with van der Waals surface area (Å²) < 4.78 is 0. The predicted molar refractivity (Wildman–Crippen MR) is 23.4 cm³/mol. The summed E-state index contributed by atoms with van der Waals surface area (Å²) in [5, 5.41) is 6.27. The molecule has 0 atom stereocenters. The van der Waals surface area contributed by atoms with Crippen molar-refractivity contribution in [3.8, 4) is 0 Å². The van der Waals surface area contributed by atoms with Gasteiger partial charge < -0.3 is 5.53 Å². The molecule has 0 saturated carbocycles. The van der Waals surface area contributed by atoms with Crippen molar-refractivity contribution < 1.29 is 0 Å². The molecule has 4 heteroatoms. The molecule has 0 saturated heterocycles. The first-order chi connectivity index (χ1) is 3.43. The molecule has 1 aromatic heterocycles. The molecule has 4 nitrogen and oxygen atoms in total. The minimum atomic E-state index is 1.06. The van der Waals surface area contributed by atoms with Gasteiger partial charge in [-0.1, -0.05) is 0 Å². The Balaban J connectivity index is 2.96. The van der Waals surface area contributed by atoms with E-state index in [0.717, 1.165) is 4.79 Å². The number of nitrogens with zero attached hydrogens (tertiary/aromatic N) is 4. The molecule has 0 aliphatic carbocycles. The van der Waals surface area contributed by atoms with Crippen molar-refractivity contribution in [3.63, 3.8) is 0 Å². The van der Waals surface area contributed by atoms with Crippen LogP contribution in [0.25, 0.3) is 5.53 Å². The molecule has 1 rings (SSSR count). The number of hydrogen-bond donors (Lipinski definition) is 0. The first-order valence-electron chi connectivity index (χ1n) is 1.78. The molecule has 0 fully saturated rings. The van der Waals surface area contributed by atoms with E-state index in [2.05, 4.69) is 10.3 Å². The Morgan fingerprint density at radius 2 is 2.57 bits per heavy atom. The maximum atomic E-state index is 7.95. The fourth-order valence-electron chi connectivity index (χ4n) is 0.314. The third kappa shape index (κ3) is 0.623. The van der Waals surface area contributed by atoms with Gasteiger partial charge in [0.2, 0.25) is 0 Å². The molecule has 0 bridgehead atoms. The number of hydrogen-bond acceptors (Lipinski definition) is 2. The van der Waals surface area contributed by atoms with Gasteiger partial charge in [-0.15, -0.1) is 0 Å². The van der Waals surface area contributed by atoms with Crippen LogP contribution in [0.2, 0.25) is 0 Å². The summed E-state index contributed by atoms with van der Waals surface area (Å²) in [6, 6.07) is 1.67. The fourth-order valence-corrected chi connectivity index (χ4v) is 0.314. The molecule has 0 amide bonds. The van der Waals surface area contributed by atoms with Crippen LogP contribution >= 0.6 is 0 Å². The molecule has 0 aromatic carbocycles. The van der Waals surface area contributed by atoms with E-state index in [1.165, 1.54) is 12.4 Å². The summed E-state index contributed by atoms with van der Waals surface area (Å²) >= 11 is 0. The highest BCUT2D eigenvalue weighted by Crippen LogP contribution is 1.79. The lowest BCUT2D eigenvalue weighted by molar-refractivity contribution is 0.733. The molecular formula is C3H3N4-. The quantitative estimate of drug-likeness (QED) is 0.473. The van der Waals surface area contributed by atoms with Gasteiger partial charge in [0.15, 0.2) is 0 Å². The Kier molecular flexibility index (Phi) is 0.856. The van der Waals surface area contributed by atoms with Crippen molar-refractivity contribution in [2.45, 2.75) is 0 Å². The zero-order valence-corrected chi connectivity index (χ0v) is 3.52. The highest BCUT2D eigenvalue weighted by Gasteiger charge is 1.65. The van der Waals surface area contributed by atoms with Crippen molar-refractivity contribution in [2.24, 2.45) is 5.22 Å². The molecule has 0 aliphatic rings. The molecule has 36 valence electrons. The highest BCUT2D eigenvalue weighted by atomic mass is 15.5. The van der Waals surface area contributed by atoms with E-state index in [1.807, 2.05) is 0 Å². The molecule has 0 N–H and O–H groups in total. The summed E-state index contributed by atoms with van der Waals surface area (Å²) in [7, 11) is 0. The van der Waals surface area contributed by atoms with Crippen LogP contribution in [0.4, 0.5) is 0 Å². The van der Waals surface area contributed by atoms with Crippen LogP contribution in [0.5, 0.6) is 0 Å². The summed E-state index contributed by atoms with van der Waals surface area (Å²) in [6.07, 6.45) is 3.06. The Bertz CT molecular complexity index is 142. The SMILES string of the molecule is [N-]=Nn1cccn1. The van der Waals surface area contributed by atoms with Crippen molar-refractivity contribution in [1.29, 1.82) is 0 Å². The molecule has 0 aliphatic heterocycles. The largest absolute Gasteiger partial charge is 0.360 e. The standard InChI is InChI=1S/C3H3N4/c4-6-7-3-1-2-5-7/h1-3H/q-1. The highest BCUT2D eigenvalue weighted by molar-refractivity contribution is 4.76. The maximum absolute atomic E-state index is 7.95. The fraction of sp³-hybridized carbons (Fsp3) is 0. The monoisotopic (exact) mass is 95.0 g/mol. The average molecular weight is 95.1 g/mol. The maximum Gasteiger partial charge on any atom is 0.0273 e. The van der Waals surface area contributed by atoms with Crippen LogP contribution in [0.1, 0.15) is 0 Å². The van der Waals surface area contributed by atoms with Crippen LogP contribution in [0, 0.1) is 0 Å².